The zero-order valence-corrected chi connectivity index (χ0v) is 19.4. The highest BCUT2D eigenvalue weighted by Gasteiger charge is 2.23. The second kappa shape index (κ2) is 9.46. The van der Waals surface area contributed by atoms with Crippen LogP contribution >= 0.6 is 11.3 Å². The van der Waals surface area contributed by atoms with Crippen LogP contribution in [0.3, 0.4) is 0 Å². The van der Waals surface area contributed by atoms with Crippen LogP contribution in [-0.2, 0) is 0 Å². The second-order valence-electron chi connectivity index (χ2n) is 8.17. The Morgan fingerprint density at radius 3 is 2.88 bits per heavy atom. The minimum absolute atomic E-state index is 0.0364. The Balaban J connectivity index is 1.55. The summed E-state index contributed by atoms with van der Waals surface area (Å²) in [6.07, 6.45) is 4.78. The number of pyridine rings is 1. The summed E-state index contributed by atoms with van der Waals surface area (Å²) in [7, 11) is 2.19. The average Bonchev–Trinajstić information content (AvgIpc) is 3.47. The van der Waals surface area contributed by atoms with Crippen LogP contribution in [0.1, 0.15) is 36.2 Å². The molecule has 1 N–H and O–H groups in total. The summed E-state index contributed by atoms with van der Waals surface area (Å²) in [6.45, 7) is 6.91. The quantitative estimate of drug-likeness (QED) is 0.484. The fourth-order valence-corrected chi connectivity index (χ4v) is 5.04. The third kappa shape index (κ3) is 4.73. The van der Waals surface area contributed by atoms with E-state index in [2.05, 4.69) is 40.9 Å². The smallest absolute Gasteiger partial charge is 0.283 e. The third-order valence-corrected chi connectivity index (χ3v) is 6.92. The van der Waals surface area contributed by atoms with Crippen molar-refractivity contribution in [1.29, 1.82) is 5.41 Å². The van der Waals surface area contributed by atoms with Crippen molar-refractivity contribution in [1.82, 2.24) is 19.4 Å². The summed E-state index contributed by atoms with van der Waals surface area (Å²) in [5.41, 5.74) is -0.191. The van der Waals surface area contributed by atoms with E-state index in [1.54, 1.807) is 30.7 Å². The molecule has 3 aromatic rings. The summed E-state index contributed by atoms with van der Waals surface area (Å²) < 4.78 is 27.4. The SMILES string of the molecule is CCN(CC1CCCN1C)c1ccc2cc(/C=C/n3cc(C)nc3C(=N)C(F)F)sc2n1. The molecule has 3 aromatic heterocycles. The van der Waals surface area contributed by atoms with Gasteiger partial charge in [-0.05, 0) is 64.6 Å². The number of anilines is 1. The van der Waals surface area contributed by atoms with Gasteiger partial charge in [0.05, 0.1) is 5.69 Å². The number of halogens is 2. The van der Waals surface area contributed by atoms with Gasteiger partial charge in [0.1, 0.15) is 16.4 Å². The Morgan fingerprint density at radius 2 is 2.19 bits per heavy atom. The number of aromatic nitrogens is 3. The van der Waals surface area contributed by atoms with Crippen LogP contribution in [0, 0.1) is 12.3 Å². The molecule has 1 atom stereocenters. The van der Waals surface area contributed by atoms with Crippen LogP contribution in [-0.4, -0.2) is 64.3 Å². The third-order valence-electron chi connectivity index (χ3n) is 5.91. The van der Waals surface area contributed by atoms with Crippen molar-refractivity contribution in [3.63, 3.8) is 0 Å². The van der Waals surface area contributed by atoms with E-state index in [0.717, 1.165) is 40.5 Å². The lowest BCUT2D eigenvalue weighted by Crippen LogP contribution is -2.38. The minimum Gasteiger partial charge on any atom is -0.355 e. The molecule has 1 aliphatic rings. The molecule has 0 saturated carbocycles. The topological polar surface area (TPSA) is 61.0 Å². The molecule has 1 aliphatic heterocycles. The van der Waals surface area contributed by atoms with Gasteiger partial charge in [0, 0.05) is 41.8 Å². The molecule has 1 unspecified atom stereocenters. The van der Waals surface area contributed by atoms with Crippen molar-refractivity contribution in [2.75, 3.05) is 31.6 Å². The van der Waals surface area contributed by atoms with E-state index in [9.17, 15) is 8.78 Å². The lowest BCUT2D eigenvalue weighted by molar-refractivity contribution is 0.224. The lowest BCUT2D eigenvalue weighted by Gasteiger charge is -2.28. The number of hydrogen-bond acceptors (Lipinski definition) is 6. The summed E-state index contributed by atoms with van der Waals surface area (Å²) in [4.78, 5) is 15.6. The molecular formula is C23H28F2N6S. The number of nitrogens with one attached hydrogen (secondary N) is 1. The van der Waals surface area contributed by atoms with Gasteiger partial charge in [-0.15, -0.1) is 11.3 Å². The number of aryl methyl sites for hydroxylation is 1. The van der Waals surface area contributed by atoms with E-state index in [-0.39, 0.29) is 5.82 Å². The first-order valence-electron chi connectivity index (χ1n) is 10.8. The first-order valence-corrected chi connectivity index (χ1v) is 11.6. The van der Waals surface area contributed by atoms with Crippen LogP contribution in [0.5, 0.6) is 0 Å². The van der Waals surface area contributed by atoms with E-state index >= 15 is 0 Å². The summed E-state index contributed by atoms with van der Waals surface area (Å²) in [5, 5.41) is 8.65. The van der Waals surface area contributed by atoms with Crippen LogP contribution in [0.25, 0.3) is 22.5 Å². The highest BCUT2D eigenvalue weighted by Crippen LogP contribution is 2.28. The van der Waals surface area contributed by atoms with Gasteiger partial charge in [0.25, 0.3) is 6.43 Å². The van der Waals surface area contributed by atoms with Crippen molar-refractivity contribution in [3.8, 4) is 0 Å². The molecule has 0 bridgehead atoms. The molecule has 4 heterocycles. The molecule has 1 saturated heterocycles. The van der Waals surface area contributed by atoms with E-state index < -0.39 is 12.1 Å². The highest BCUT2D eigenvalue weighted by atomic mass is 32.1. The summed E-state index contributed by atoms with van der Waals surface area (Å²) >= 11 is 1.56. The van der Waals surface area contributed by atoms with Gasteiger partial charge in [-0.1, -0.05) is 0 Å². The molecule has 170 valence electrons. The van der Waals surface area contributed by atoms with E-state index in [1.807, 2.05) is 12.1 Å². The number of nitrogens with zero attached hydrogens (tertiary/aromatic N) is 5. The number of fused-ring (bicyclic) bond motifs is 1. The molecule has 0 amide bonds. The zero-order chi connectivity index (χ0) is 22.8. The first kappa shape index (κ1) is 22.5. The monoisotopic (exact) mass is 458 g/mol. The Bertz CT molecular complexity index is 1130. The molecule has 1 fully saturated rings. The van der Waals surface area contributed by atoms with E-state index in [1.165, 1.54) is 17.4 Å². The van der Waals surface area contributed by atoms with Crippen LogP contribution in [0.4, 0.5) is 14.6 Å². The van der Waals surface area contributed by atoms with Crippen LogP contribution < -0.4 is 4.90 Å². The molecule has 0 aliphatic carbocycles. The number of likely N-dealkylation sites (tertiary alicyclic amines) is 1. The Kier molecular flexibility index (Phi) is 6.66. The van der Waals surface area contributed by atoms with Gasteiger partial charge in [0.15, 0.2) is 5.82 Å². The molecule has 4 rings (SSSR count). The number of alkyl halides is 2. The van der Waals surface area contributed by atoms with Crippen LogP contribution in [0.15, 0.2) is 24.4 Å². The Morgan fingerprint density at radius 1 is 1.38 bits per heavy atom. The van der Waals surface area contributed by atoms with Crippen molar-refractivity contribution in [2.45, 2.75) is 39.2 Å². The number of imidazole rings is 1. The summed E-state index contributed by atoms with van der Waals surface area (Å²) in [6, 6.07) is 6.76. The van der Waals surface area contributed by atoms with Crippen LogP contribution in [0.2, 0.25) is 0 Å². The molecule has 0 spiro atoms. The molecule has 0 aromatic carbocycles. The van der Waals surface area contributed by atoms with E-state index in [4.69, 9.17) is 10.4 Å². The van der Waals surface area contributed by atoms with E-state index in [0.29, 0.717) is 11.7 Å². The maximum absolute atomic E-state index is 13.0. The van der Waals surface area contributed by atoms with Gasteiger partial charge >= 0.3 is 0 Å². The van der Waals surface area contributed by atoms with Gasteiger partial charge < -0.3 is 14.4 Å². The molecular weight excluding hydrogens is 430 g/mol. The fraction of sp³-hybridized carbons (Fsp3) is 0.435. The number of thiophene rings is 1. The molecule has 6 nitrogen and oxygen atoms in total. The minimum atomic E-state index is -2.86. The predicted molar refractivity (Wildman–Crippen MR) is 128 cm³/mol. The van der Waals surface area contributed by atoms with Crippen molar-refractivity contribution in [3.05, 3.63) is 40.8 Å². The maximum Gasteiger partial charge on any atom is 0.283 e. The number of rotatable bonds is 8. The van der Waals surface area contributed by atoms with Gasteiger partial charge in [-0.3, -0.25) is 5.41 Å². The number of likely N-dealkylation sites (N-methyl/N-ethyl adjacent to an activating group) is 2. The Labute approximate surface area is 190 Å². The maximum atomic E-state index is 13.0. The predicted octanol–water partition coefficient (Wildman–Crippen LogP) is 4.98. The van der Waals surface area contributed by atoms with Gasteiger partial charge in [0.2, 0.25) is 0 Å². The summed E-state index contributed by atoms with van der Waals surface area (Å²) in [5.74, 6) is 0.946. The first-order chi connectivity index (χ1) is 15.4. The molecule has 0 radical (unpaired) electrons. The van der Waals surface area contributed by atoms with Gasteiger partial charge in [-0.25, -0.2) is 18.7 Å². The Hall–Kier alpha value is -2.65. The van der Waals surface area contributed by atoms with Gasteiger partial charge in [-0.2, -0.15) is 0 Å². The molecule has 32 heavy (non-hydrogen) atoms. The van der Waals surface area contributed by atoms with Crippen molar-refractivity contribution >= 4 is 45.4 Å². The standard InChI is InChI=1S/C23H28F2N6S/c1-4-30(14-17-6-5-10-29(17)3)19-8-7-16-12-18(32-23(16)28-19)9-11-31-13-15(2)27-22(31)20(26)21(24)25/h7-9,11-13,17,21,26H,4-6,10,14H2,1-3H3/b11-9+,26-20?. The largest absolute Gasteiger partial charge is 0.355 e. The highest BCUT2D eigenvalue weighted by molar-refractivity contribution is 7.19. The second-order valence-corrected chi connectivity index (χ2v) is 9.23. The normalized spacial score (nSPS) is 17.2. The average molecular weight is 459 g/mol. The number of hydrogen-bond donors (Lipinski definition) is 1. The molecule has 9 heteroatoms. The zero-order valence-electron chi connectivity index (χ0n) is 18.6. The fourth-order valence-electron chi connectivity index (χ4n) is 4.12. The lowest BCUT2D eigenvalue weighted by atomic mass is 10.2. The van der Waals surface area contributed by atoms with Crippen molar-refractivity contribution in [2.24, 2.45) is 0 Å². The van der Waals surface area contributed by atoms with Crippen molar-refractivity contribution < 1.29 is 8.78 Å².